The lowest BCUT2D eigenvalue weighted by Crippen LogP contribution is -2.74. The minimum Gasteiger partial charge on any atom is -0.506 e. The van der Waals surface area contributed by atoms with Gasteiger partial charge in [0.2, 0.25) is 0 Å². The largest absolute Gasteiger partial charge is 0.506 e. The third-order valence-corrected chi connectivity index (χ3v) is 11.8. The van der Waals surface area contributed by atoms with E-state index in [4.69, 9.17) is 16.3 Å². The lowest BCUT2D eigenvalue weighted by molar-refractivity contribution is 0.0694. The van der Waals surface area contributed by atoms with E-state index in [1.165, 1.54) is 18.2 Å². The fraction of sp³-hybridized carbons (Fsp3) is 0. The van der Waals surface area contributed by atoms with E-state index in [1.54, 1.807) is 24.3 Å². The number of hydrogen-bond donors (Lipinski definition) is 2. The highest BCUT2D eigenvalue weighted by molar-refractivity contribution is 7.19. The minimum atomic E-state index is -2.89. The summed E-state index contributed by atoms with van der Waals surface area (Å²) in [6, 6.07) is 39.0. The maximum Gasteiger partial charge on any atom is 0.343 e. The van der Waals surface area contributed by atoms with Crippen LogP contribution in [0.15, 0.2) is 127 Å². The lowest BCUT2D eigenvalue weighted by Gasteiger charge is -2.34. The molecule has 5 nitrogen and oxygen atoms in total. The van der Waals surface area contributed by atoms with Gasteiger partial charge >= 0.3 is 11.9 Å². The lowest BCUT2D eigenvalue weighted by atomic mass is 10.2. The van der Waals surface area contributed by atoms with Crippen molar-refractivity contribution < 1.29 is 24.5 Å². The van der Waals surface area contributed by atoms with Crippen molar-refractivity contribution in [1.29, 1.82) is 0 Å². The van der Waals surface area contributed by atoms with Gasteiger partial charge in [-0.05, 0) is 57.1 Å². The number of benzene rings is 5. The van der Waals surface area contributed by atoms with Gasteiger partial charge < -0.3 is 14.9 Å². The number of ether oxygens (including phenoxy) is 1. The summed E-state index contributed by atoms with van der Waals surface area (Å²) in [5, 5.41) is 23.5. The first-order valence-corrected chi connectivity index (χ1v) is 14.5. The highest BCUT2D eigenvalue weighted by Gasteiger charge is 2.41. The standard InChI is InChI=1S/C32H23ClO5Si/c33-29-21-24(15-20-30(29)34)38-32(37)23-13-18-28(19-14-23)39(25-7-3-1-4-8-25,26-9-5-2-6-10-26)27-16-11-22(12-17-27)31(35)36/h1-21,34H,(H,35,36). The van der Waals surface area contributed by atoms with E-state index in [2.05, 4.69) is 24.3 Å². The van der Waals surface area contributed by atoms with E-state index < -0.39 is 20.0 Å². The first-order chi connectivity index (χ1) is 18.9. The zero-order valence-corrected chi connectivity index (χ0v) is 22.4. The van der Waals surface area contributed by atoms with Crippen LogP contribution in [0.4, 0.5) is 0 Å². The van der Waals surface area contributed by atoms with Crippen LogP contribution in [0, 0.1) is 0 Å². The van der Waals surface area contributed by atoms with Crippen molar-refractivity contribution in [2.75, 3.05) is 0 Å². The topological polar surface area (TPSA) is 83.8 Å². The highest BCUT2D eigenvalue weighted by Crippen LogP contribution is 2.27. The van der Waals surface area contributed by atoms with Crippen LogP contribution in [0.1, 0.15) is 20.7 Å². The van der Waals surface area contributed by atoms with Crippen LogP contribution in [-0.4, -0.2) is 30.2 Å². The number of hydrogen-bond acceptors (Lipinski definition) is 4. The molecule has 5 rings (SSSR count). The third kappa shape index (κ3) is 5.08. The van der Waals surface area contributed by atoms with Crippen molar-refractivity contribution in [2.45, 2.75) is 0 Å². The van der Waals surface area contributed by atoms with Gasteiger partial charge in [-0.2, -0.15) is 0 Å². The van der Waals surface area contributed by atoms with Gasteiger partial charge in [0.05, 0.1) is 16.1 Å². The summed E-state index contributed by atoms with van der Waals surface area (Å²) in [4.78, 5) is 24.5. The van der Waals surface area contributed by atoms with Gasteiger partial charge in [-0.1, -0.05) is 96.5 Å². The van der Waals surface area contributed by atoms with Crippen LogP contribution in [-0.2, 0) is 0 Å². The molecule has 0 aliphatic carbocycles. The first kappa shape index (κ1) is 26.0. The number of carboxylic acid groups (broad SMARTS) is 1. The molecule has 192 valence electrons. The average Bonchev–Trinajstić information content (AvgIpc) is 2.97. The Hall–Kier alpha value is -4.65. The highest BCUT2D eigenvalue weighted by atomic mass is 35.5. The number of aromatic hydroxyl groups is 1. The van der Waals surface area contributed by atoms with Gasteiger partial charge in [-0.25, -0.2) is 9.59 Å². The maximum absolute atomic E-state index is 12.9. The summed E-state index contributed by atoms with van der Waals surface area (Å²) in [5.41, 5.74) is 0.573. The number of rotatable bonds is 7. The van der Waals surface area contributed by atoms with Crippen LogP contribution < -0.4 is 25.5 Å². The molecule has 5 aromatic carbocycles. The number of aromatic carboxylic acids is 1. The van der Waals surface area contributed by atoms with Crippen molar-refractivity contribution in [2.24, 2.45) is 0 Å². The molecule has 0 fully saturated rings. The molecular formula is C32H23ClO5Si. The smallest absolute Gasteiger partial charge is 0.343 e. The van der Waals surface area contributed by atoms with Crippen molar-refractivity contribution >= 4 is 52.4 Å². The van der Waals surface area contributed by atoms with Crippen LogP contribution in [0.2, 0.25) is 5.02 Å². The second-order valence-electron chi connectivity index (χ2n) is 8.94. The molecule has 0 saturated heterocycles. The summed E-state index contributed by atoms with van der Waals surface area (Å²) >= 11 is 5.95. The zero-order chi connectivity index (χ0) is 27.4. The number of carbonyl (C=O) groups is 2. The predicted molar refractivity (Wildman–Crippen MR) is 155 cm³/mol. The Morgan fingerprint density at radius 2 is 1.08 bits per heavy atom. The summed E-state index contributed by atoms with van der Waals surface area (Å²) in [5.74, 6) is -1.41. The number of esters is 1. The Balaban J connectivity index is 1.63. The normalized spacial score (nSPS) is 11.1. The number of halogens is 1. The Morgan fingerprint density at radius 3 is 1.54 bits per heavy atom. The Kier molecular flexibility index (Phi) is 7.32. The Labute approximate surface area is 231 Å². The zero-order valence-electron chi connectivity index (χ0n) is 20.6. The summed E-state index contributed by atoms with van der Waals surface area (Å²) in [6.07, 6.45) is 0. The molecule has 2 N–H and O–H groups in total. The molecule has 0 atom stereocenters. The summed E-state index contributed by atoms with van der Waals surface area (Å²) < 4.78 is 5.47. The van der Waals surface area contributed by atoms with Gasteiger partial charge in [0.15, 0.2) is 8.07 Å². The molecule has 39 heavy (non-hydrogen) atoms. The summed E-state index contributed by atoms with van der Waals surface area (Å²) in [6.45, 7) is 0. The second kappa shape index (κ2) is 11.0. The molecule has 7 heteroatoms. The molecule has 0 aromatic heterocycles. The fourth-order valence-corrected chi connectivity index (χ4v) is 9.70. The SMILES string of the molecule is O=C(O)c1ccc([Si](c2ccccc2)(c2ccccc2)c2ccc(C(=O)Oc3ccc(O)c(Cl)c3)cc2)cc1. The molecule has 0 aliphatic heterocycles. The van der Waals surface area contributed by atoms with Gasteiger partial charge in [0.1, 0.15) is 11.5 Å². The molecule has 0 unspecified atom stereocenters. The van der Waals surface area contributed by atoms with Gasteiger partial charge in [-0.3, -0.25) is 0 Å². The molecule has 0 heterocycles. The van der Waals surface area contributed by atoms with Crippen LogP contribution in [0.3, 0.4) is 0 Å². The van der Waals surface area contributed by atoms with Crippen molar-refractivity contribution in [3.05, 3.63) is 144 Å². The molecule has 0 aliphatic rings. The third-order valence-electron chi connectivity index (χ3n) is 6.66. The summed E-state index contributed by atoms with van der Waals surface area (Å²) in [7, 11) is -2.89. The monoisotopic (exact) mass is 550 g/mol. The van der Waals surface area contributed by atoms with Gasteiger partial charge in [0.25, 0.3) is 0 Å². The van der Waals surface area contributed by atoms with E-state index in [-0.39, 0.29) is 22.1 Å². The van der Waals surface area contributed by atoms with E-state index >= 15 is 0 Å². The first-order valence-electron chi connectivity index (χ1n) is 12.2. The second-order valence-corrected chi connectivity index (χ2v) is 13.2. The quantitative estimate of drug-likeness (QED) is 0.136. The van der Waals surface area contributed by atoms with Crippen molar-refractivity contribution in [3.8, 4) is 11.5 Å². The van der Waals surface area contributed by atoms with E-state index in [1.807, 2.05) is 60.7 Å². The molecular weight excluding hydrogens is 528 g/mol. The van der Waals surface area contributed by atoms with Gasteiger partial charge in [-0.15, -0.1) is 0 Å². The van der Waals surface area contributed by atoms with Crippen molar-refractivity contribution in [3.63, 3.8) is 0 Å². The van der Waals surface area contributed by atoms with Crippen molar-refractivity contribution in [1.82, 2.24) is 0 Å². The number of phenols is 1. The minimum absolute atomic E-state index is 0.0890. The molecule has 0 bridgehead atoms. The predicted octanol–water partition coefficient (Wildman–Crippen LogP) is 4.34. The number of carbonyl (C=O) groups excluding carboxylic acids is 1. The van der Waals surface area contributed by atoms with Gasteiger partial charge in [0, 0.05) is 6.07 Å². The van der Waals surface area contributed by atoms with E-state index in [0.717, 1.165) is 20.7 Å². The number of phenolic OH excluding ortho intramolecular Hbond substituents is 1. The Bertz CT molecular complexity index is 1580. The van der Waals surface area contributed by atoms with E-state index in [0.29, 0.717) is 5.56 Å². The average molecular weight is 551 g/mol. The molecule has 0 amide bonds. The Morgan fingerprint density at radius 1 is 0.615 bits per heavy atom. The van der Waals surface area contributed by atoms with E-state index in [9.17, 15) is 19.8 Å². The molecule has 0 saturated carbocycles. The molecule has 5 aromatic rings. The van der Waals surface area contributed by atoms with Crippen LogP contribution >= 0.6 is 11.6 Å². The maximum atomic E-state index is 12.9. The van der Waals surface area contributed by atoms with Crippen LogP contribution in [0.5, 0.6) is 11.5 Å². The molecule has 0 spiro atoms. The number of carboxylic acids is 1. The molecule has 0 radical (unpaired) electrons. The van der Waals surface area contributed by atoms with Crippen LogP contribution in [0.25, 0.3) is 0 Å². The fourth-order valence-electron chi connectivity index (χ4n) is 4.81.